The van der Waals surface area contributed by atoms with Crippen LogP contribution in [0, 0.1) is 5.41 Å². The first-order valence-corrected chi connectivity index (χ1v) is 7.31. The van der Waals surface area contributed by atoms with Crippen LogP contribution in [0.4, 0.5) is 5.69 Å². The molecule has 1 aliphatic heterocycles. The highest BCUT2D eigenvalue weighted by atomic mass is 15.3. The predicted molar refractivity (Wildman–Crippen MR) is 78.3 cm³/mol. The number of hydrogen-bond acceptors (Lipinski definition) is 4. The molecule has 0 atom stereocenters. The van der Waals surface area contributed by atoms with Gasteiger partial charge in [0.25, 0.3) is 0 Å². The second kappa shape index (κ2) is 5.47. The molecule has 1 aliphatic carbocycles. The Bertz CT molecular complexity index is 394. The average Bonchev–Trinajstić information content (AvgIpc) is 3.21. The van der Waals surface area contributed by atoms with Gasteiger partial charge < -0.3 is 15.1 Å². The van der Waals surface area contributed by atoms with Gasteiger partial charge in [0.15, 0.2) is 0 Å². The lowest BCUT2D eigenvalue weighted by atomic mass is 10.1. The Morgan fingerprint density at radius 3 is 2.47 bits per heavy atom. The minimum Gasteiger partial charge on any atom is -0.384 e. The smallest absolute Gasteiger partial charge is 0.0371 e. The zero-order valence-corrected chi connectivity index (χ0v) is 11.8. The highest BCUT2D eigenvalue weighted by Gasteiger charge is 2.43. The number of anilines is 1. The fraction of sp³-hybridized carbons (Fsp3) is 0.667. The van der Waals surface area contributed by atoms with E-state index in [1.165, 1.54) is 51.3 Å². The van der Waals surface area contributed by atoms with Gasteiger partial charge in [-0.15, -0.1) is 0 Å². The molecule has 1 aromatic heterocycles. The van der Waals surface area contributed by atoms with Gasteiger partial charge in [-0.05, 0) is 32.0 Å². The Labute approximate surface area is 115 Å². The monoisotopic (exact) mass is 260 g/mol. The summed E-state index contributed by atoms with van der Waals surface area (Å²) in [7, 11) is 2.22. The van der Waals surface area contributed by atoms with Gasteiger partial charge in [0.2, 0.25) is 0 Å². The van der Waals surface area contributed by atoms with Gasteiger partial charge in [0, 0.05) is 62.8 Å². The summed E-state index contributed by atoms with van der Waals surface area (Å²) in [6.45, 7) is 7.25. The standard InChI is InChI=1S/C15H24N4/c1-18-8-10-19(11-9-18)13-15(4-5-15)12-17-14-2-6-16-7-3-14/h2-3,6-7H,4-5,8-13H2,1H3,(H,16,17). The number of pyridine rings is 1. The molecule has 1 N–H and O–H groups in total. The number of rotatable bonds is 5. The lowest BCUT2D eigenvalue weighted by Crippen LogP contribution is -2.47. The number of aromatic nitrogens is 1. The topological polar surface area (TPSA) is 31.4 Å². The van der Waals surface area contributed by atoms with E-state index in [0.29, 0.717) is 5.41 Å². The van der Waals surface area contributed by atoms with Crippen molar-refractivity contribution in [1.82, 2.24) is 14.8 Å². The van der Waals surface area contributed by atoms with Crippen molar-refractivity contribution in [2.24, 2.45) is 5.41 Å². The summed E-state index contributed by atoms with van der Waals surface area (Å²) in [5, 5.41) is 3.57. The summed E-state index contributed by atoms with van der Waals surface area (Å²) in [4.78, 5) is 9.12. The van der Waals surface area contributed by atoms with Gasteiger partial charge in [-0.1, -0.05) is 0 Å². The molecule has 2 heterocycles. The molecular formula is C15H24N4. The van der Waals surface area contributed by atoms with Crippen LogP contribution in [0.2, 0.25) is 0 Å². The number of nitrogens with one attached hydrogen (secondary N) is 1. The van der Waals surface area contributed by atoms with Crippen LogP contribution >= 0.6 is 0 Å². The van der Waals surface area contributed by atoms with Crippen LogP contribution in [-0.4, -0.2) is 61.1 Å². The molecule has 2 fully saturated rings. The lowest BCUT2D eigenvalue weighted by Gasteiger charge is -2.35. The maximum atomic E-state index is 4.05. The second-order valence-corrected chi connectivity index (χ2v) is 6.17. The molecule has 4 nitrogen and oxygen atoms in total. The first kappa shape index (κ1) is 12.9. The maximum Gasteiger partial charge on any atom is 0.0371 e. The summed E-state index contributed by atoms with van der Waals surface area (Å²) in [5.41, 5.74) is 1.72. The third-order valence-electron chi connectivity index (χ3n) is 4.46. The van der Waals surface area contributed by atoms with Crippen LogP contribution < -0.4 is 5.32 Å². The maximum absolute atomic E-state index is 4.05. The highest BCUT2D eigenvalue weighted by molar-refractivity contribution is 5.41. The molecule has 1 aromatic rings. The molecule has 0 radical (unpaired) electrons. The van der Waals surface area contributed by atoms with Crippen molar-refractivity contribution in [2.45, 2.75) is 12.8 Å². The van der Waals surface area contributed by atoms with Crippen molar-refractivity contribution in [2.75, 3.05) is 51.6 Å². The van der Waals surface area contributed by atoms with Crippen molar-refractivity contribution in [3.63, 3.8) is 0 Å². The normalized spacial score (nSPS) is 23.2. The first-order chi connectivity index (χ1) is 9.26. The number of nitrogens with zero attached hydrogens (tertiary/aromatic N) is 3. The van der Waals surface area contributed by atoms with Crippen molar-refractivity contribution < 1.29 is 0 Å². The fourth-order valence-electron chi connectivity index (χ4n) is 2.81. The minimum absolute atomic E-state index is 0.527. The van der Waals surface area contributed by atoms with E-state index >= 15 is 0 Å². The van der Waals surface area contributed by atoms with Gasteiger partial charge >= 0.3 is 0 Å². The molecule has 1 saturated carbocycles. The van der Waals surface area contributed by atoms with Crippen LogP contribution in [0.3, 0.4) is 0 Å². The summed E-state index contributed by atoms with van der Waals surface area (Å²) in [6, 6.07) is 4.10. The number of likely N-dealkylation sites (N-methyl/N-ethyl adjacent to an activating group) is 1. The molecule has 0 bridgehead atoms. The van der Waals surface area contributed by atoms with Gasteiger partial charge in [0.05, 0.1) is 0 Å². The zero-order valence-electron chi connectivity index (χ0n) is 11.8. The van der Waals surface area contributed by atoms with E-state index in [2.05, 4.69) is 27.1 Å². The Morgan fingerprint density at radius 2 is 1.84 bits per heavy atom. The minimum atomic E-state index is 0.527. The Balaban J connectivity index is 1.47. The van der Waals surface area contributed by atoms with E-state index in [1.807, 2.05) is 24.5 Å². The molecule has 4 heteroatoms. The molecule has 104 valence electrons. The molecule has 19 heavy (non-hydrogen) atoms. The molecule has 0 amide bonds. The third-order valence-corrected chi connectivity index (χ3v) is 4.46. The molecule has 0 unspecified atom stereocenters. The largest absolute Gasteiger partial charge is 0.384 e. The summed E-state index contributed by atoms with van der Waals surface area (Å²) in [5.74, 6) is 0. The van der Waals surface area contributed by atoms with Crippen LogP contribution in [0.25, 0.3) is 0 Å². The van der Waals surface area contributed by atoms with Crippen LogP contribution in [0.15, 0.2) is 24.5 Å². The molecule has 3 rings (SSSR count). The SMILES string of the molecule is CN1CCN(CC2(CNc3ccncc3)CC2)CC1. The molecule has 1 saturated heterocycles. The molecular weight excluding hydrogens is 236 g/mol. The average molecular weight is 260 g/mol. The van der Waals surface area contributed by atoms with Crippen molar-refractivity contribution in [3.8, 4) is 0 Å². The first-order valence-electron chi connectivity index (χ1n) is 7.31. The Kier molecular flexibility index (Phi) is 3.71. The van der Waals surface area contributed by atoms with Crippen molar-refractivity contribution in [3.05, 3.63) is 24.5 Å². The van der Waals surface area contributed by atoms with E-state index in [4.69, 9.17) is 0 Å². The third kappa shape index (κ3) is 3.45. The second-order valence-electron chi connectivity index (χ2n) is 6.17. The van der Waals surface area contributed by atoms with Crippen LogP contribution in [-0.2, 0) is 0 Å². The summed E-state index contributed by atoms with van der Waals surface area (Å²) >= 11 is 0. The number of hydrogen-bond donors (Lipinski definition) is 1. The van der Waals surface area contributed by atoms with E-state index in [9.17, 15) is 0 Å². The lowest BCUT2D eigenvalue weighted by molar-refractivity contribution is 0.133. The predicted octanol–water partition coefficient (Wildman–Crippen LogP) is 1.52. The van der Waals surface area contributed by atoms with Gasteiger partial charge in [-0.25, -0.2) is 0 Å². The van der Waals surface area contributed by atoms with E-state index in [1.54, 1.807) is 0 Å². The van der Waals surface area contributed by atoms with E-state index < -0.39 is 0 Å². The summed E-state index contributed by atoms with van der Waals surface area (Å²) < 4.78 is 0. The van der Waals surface area contributed by atoms with Crippen molar-refractivity contribution >= 4 is 5.69 Å². The highest BCUT2D eigenvalue weighted by Crippen LogP contribution is 2.46. The molecule has 2 aliphatic rings. The van der Waals surface area contributed by atoms with Crippen LogP contribution in [0.1, 0.15) is 12.8 Å². The molecule has 0 aromatic carbocycles. The quantitative estimate of drug-likeness (QED) is 0.870. The van der Waals surface area contributed by atoms with Gasteiger partial charge in [-0.2, -0.15) is 0 Å². The van der Waals surface area contributed by atoms with Crippen LogP contribution in [0.5, 0.6) is 0 Å². The Morgan fingerprint density at radius 1 is 1.16 bits per heavy atom. The van der Waals surface area contributed by atoms with Crippen molar-refractivity contribution in [1.29, 1.82) is 0 Å². The van der Waals surface area contributed by atoms with E-state index in [-0.39, 0.29) is 0 Å². The van der Waals surface area contributed by atoms with Gasteiger partial charge in [-0.3, -0.25) is 4.98 Å². The number of piperazine rings is 1. The molecule has 0 spiro atoms. The Hall–Kier alpha value is -1.13. The van der Waals surface area contributed by atoms with Gasteiger partial charge in [0.1, 0.15) is 0 Å². The zero-order chi connectivity index (χ0) is 13.1. The summed E-state index contributed by atoms with van der Waals surface area (Å²) in [6.07, 6.45) is 6.44. The van der Waals surface area contributed by atoms with E-state index in [0.717, 1.165) is 6.54 Å². The fourth-order valence-corrected chi connectivity index (χ4v) is 2.81.